The molecule has 0 aliphatic carbocycles. The van der Waals surface area contributed by atoms with Crippen LogP contribution in [0.15, 0.2) is 18.2 Å². The number of benzene rings is 1. The van der Waals surface area contributed by atoms with Crippen molar-refractivity contribution in [2.45, 2.75) is 32.3 Å². The molecule has 0 radical (unpaired) electrons. The van der Waals surface area contributed by atoms with Crippen molar-refractivity contribution in [2.75, 3.05) is 6.61 Å². The first-order valence-corrected chi connectivity index (χ1v) is 6.58. The lowest BCUT2D eigenvalue weighted by molar-refractivity contribution is -0.146. The highest BCUT2D eigenvalue weighted by molar-refractivity contribution is 6.42. The van der Waals surface area contributed by atoms with E-state index in [-0.39, 0.29) is 6.42 Å². The Bertz CT molecular complexity index is 407. The van der Waals surface area contributed by atoms with Gasteiger partial charge in [0.2, 0.25) is 0 Å². The van der Waals surface area contributed by atoms with Gasteiger partial charge in [0.1, 0.15) is 0 Å². The van der Waals surface area contributed by atoms with Gasteiger partial charge in [0, 0.05) is 0 Å². The van der Waals surface area contributed by atoms with Crippen molar-refractivity contribution in [3.8, 4) is 0 Å². The number of ether oxygens (including phenoxy) is 1. The van der Waals surface area contributed by atoms with Gasteiger partial charge in [-0.25, -0.2) is 0 Å². The summed E-state index contributed by atoms with van der Waals surface area (Å²) in [5.41, 5.74) is 0.553. The van der Waals surface area contributed by atoms with Gasteiger partial charge in [-0.2, -0.15) is 0 Å². The van der Waals surface area contributed by atoms with Crippen LogP contribution in [0.25, 0.3) is 0 Å². The van der Waals surface area contributed by atoms with Crippen LogP contribution >= 0.6 is 23.2 Å². The molecule has 0 heterocycles. The first kappa shape index (κ1) is 15.3. The quantitative estimate of drug-likeness (QED) is 0.641. The molecule has 1 N–H and O–H groups in total. The summed E-state index contributed by atoms with van der Waals surface area (Å²) in [5.74, 6) is -0.415. The van der Waals surface area contributed by atoms with E-state index in [0.717, 1.165) is 12.8 Å². The summed E-state index contributed by atoms with van der Waals surface area (Å²) in [4.78, 5) is 11.4. The van der Waals surface area contributed by atoms with Crippen molar-refractivity contribution in [1.29, 1.82) is 0 Å². The SMILES string of the molecule is CCCCOC(=O)CC(O)c1ccc(Cl)c(Cl)c1. The second-order valence-electron chi connectivity index (χ2n) is 3.97. The van der Waals surface area contributed by atoms with Crippen molar-refractivity contribution in [3.63, 3.8) is 0 Å². The van der Waals surface area contributed by atoms with Crippen LogP contribution in [-0.4, -0.2) is 17.7 Å². The van der Waals surface area contributed by atoms with E-state index >= 15 is 0 Å². The van der Waals surface area contributed by atoms with E-state index in [1.54, 1.807) is 18.2 Å². The summed E-state index contributed by atoms with van der Waals surface area (Å²) in [6.07, 6.45) is 0.785. The Morgan fingerprint density at radius 1 is 1.39 bits per heavy atom. The molecule has 1 rings (SSSR count). The summed E-state index contributed by atoms with van der Waals surface area (Å²) >= 11 is 11.6. The third-order valence-electron chi connectivity index (χ3n) is 2.45. The fraction of sp³-hybridized carbons (Fsp3) is 0.462. The maximum atomic E-state index is 11.4. The molecular formula is C13H16Cl2O3. The fourth-order valence-electron chi connectivity index (χ4n) is 1.38. The number of hydrogen-bond donors (Lipinski definition) is 1. The lowest BCUT2D eigenvalue weighted by Gasteiger charge is -2.11. The van der Waals surface area contributed by atoms with Gasteiger partial charge in [-0.1, -0.05) is 42.6 Å². The molecule has 1 aromatic carbocycles. The maximum absolute atomic E-state index is 11.4. The molecule has 0 amide bonds. The first-order chi connectivity index (χ1) is 8.54. The molecule has 0 aromatic heterocycles. The maximum Gasteiger partial charge on any atom is 0.308 e. The third kappa shape index (κ3) is 4.84. The molecule has 18 heavy (non-hydrogen) atoms. The number of aliphatic hydroxyl groups excluding tert-OH is 1. The average molecular weight is 291 g/mol. The van der Waals surface area contributed by atoms with Gasteiger partial charge in [-0.05, 0) is 24.1 Å². The lowest BCUT2D eigenvalue weighted by Crippen LogP contribution is -2.11. The van der Waals surface area contributed by atoms with Gasteiger partial charge < -0.3 is 9.84 Å². The molecule has 0 fully saturated rings. The Kier molecular flexibility index (Phi) is 6.47. The predicted octanol–water partition coefficient (Wildman–Crippen LogP) is 3.76. The van der Waals surface area contributed by atoms with Gasteiger partial charge in [0.25, 0.3) is 0 Å². The van der Waals surface area contributed by atoms with Gasteiger partial charge in [-0.15, -0.1) is 0 Å². The minimum atomic E-state index is -0.922. The molecule has 1 unspecified atom stereocenters. The average Bonchev–Trinajstić information content (AvgIpc) is 2.33. The number of halogens is 2. The second-order valence-corrected chi connectivity index (χ2v) is 4.78. The normalized spacial score (nSPS) is 12.2. The van der Waals surface area contributed by atoms with Crippen LogP contribution in [0, 0.1) is 0 Å². The molecular weight excluding hydrogens is 275 g/mol. The van der Waals surface area contributed by atoms with Crippen molar-refractivity contribution < 1.29 is 14.6 Å². The van der Waals surface area contributed by atoms with E-state index < -0.39 is 12.1 Å². The van der Waals surface area contributed by atoms with Gasteiger partial charge in [0.15, 0.2) is 0 Å². The van der Waals surface area contributed by atoms with Crippen LogP contribution in [0.3, 0.4) is 0 Å². The Morgan fingerprint density at radius 2 is 2.11 bits per heavy atom. The number of aliphatic hydroxyl groups is 1. The Hall–Kier alpha value is -0.770. The Morgan fingerprint density at radius 3 is 2.72 bits per heavy atom. The molecule has 1 aromatic rings. The number of rotatable bonds is 6. The van der Waals surface area contributed by atoms with E-state index in [9.17, 15) is 9.90 Å². The number of carbonyl (C=O) groups is 1. The van der Waals surface area contributed by atoms with Gasteiger partial charge >= 0.3 is 5.97 Å². The molecule has 0 saturated heterocycles. The summed E-state index contributed by atoms with van der Waals surface area (Å²) in [6.45, 7) is 2.40. The summed E-state index contributed by atoms with van der Waals surface area (Å²) in [7, 11) is 0. The standard InChI is InChI=1S/C13H16Cl2O3/c1-2-3-6-18-13(17)8-12(16)9-4-5-10(14)11(15)7-9/h4-5,7,12,16H,2-3,6,8H2,1H3. The molecule has 0 bridgehead atoms. The van der Waals surface area contributed by atoms with Crippen LogP contribution in [-0.2, 0) is 9.53 Å². The molecule has 0 spiro atoms. The minimum absolute atomic E-state index is 0.0817. The van der Waals surface area contributed by atoms with Crippen molar-refractivity contribution in [1.82, 2.24) is 0 Å². The zero-order chi connectivity index (χ0) is 13.5. The summed E-state index contributed by atoms with van der Waals surface area (Å²) < 4.78 is 4.97. The highest BCUT2D eigenvalue weighted by Gasteiger charge is 2.15. The zero-order valence-electron chi connectivity index (χ0n) is 10.2. The van der Waals surface area contributed by atoms with Crippen molar-refractivity contribution >= 4 is 29.2 Å². The molecule has 0 aliphatic heterocycles. The number of carbonyl (C=O) groups excluding carboxylic acids is 1. The van der Waals surface area contributed by atoms with Crippen LogP contribution in [0.1, 0.15) is 37.9 Å². The summed E-state index contributed by atoms with van der Waals surface area (Å²) in [6, 6.07) is 4.77. The Balaban J connectivity index is 2.51. The lowest BCUT2D eigenvalue weighted by atomic mass is 10.1. The smallest absolute Gasteiger partial charge is 0.308 e. The van der Waals surface area contributed by atoms with Gasteiger partial charge in [0.05, 0.1) is 29.2 Å². The highest BCUT2D eigenvalue weighted by atomic mass is 35.5. The fourth-order valence-corrected chi connectivity index (χ4v) is 1.69. The van der Waals surface area contributed by atoms with E-state index in [1.807, 2.05) is 6.92 Å². The predicted molar refractivity (Wildman–Crippen MR) is 71.9 cm³/mol. The highest BCUT2D eigenvalue weighted by Crippen LogP contribution is 2.26. The molecule has 0 aliphatic rings. The van der Waals surface area contributed by atoms with Crippen molar-refractivity contribution in [3.05, 3.63) is 33.8 Å². The zero-order valence-corrected chi connectivity index (χ0v) is 11.7. The molecule has 3 nitrogen and oxygen atoms in total. The molecule has 0 saturated carbocycles. The van der Waals surface area contributed by atoms with Crippen LogP contribution in [0.4, 0.5) is 0 Å². The van der Waals surface area contributed by atoms with E-state index in [1.165, 1.54) is 0 Å². The first-order valence-electron chi connectivity index (χ1n) is 5.83. The number of hydrogen-bond acceptors (Lipinski definition) is 3. The van der Waals surface area contributed by atoms with E-state index in [2.05, 4.69) is 0 Å². The van der Waals surface area contributed by atoms with Crippen molar-refractivity contribution in [2.24, 2.45) is 0 Å². The minimum Gasteiger partial charge on any atom is -0.466 e. The summed E-state index contributed by atoms with van der Waals surface area (Å²) in [5, 5.41) is 10.6. The largest absolute Gasteiger partial charge is 0.466 e. The third-order valence-corrected chi connectivity index (χ3v) is 3.19. The van der Waals surface area contributed by atoms with E-state index in [0.29, 0.717) is 22.2 Å². The number of unbranched alkanes of at least 4 members (excludes halogenated alkanes) is 1. The molecule has 100 valence electrons. The van der Waals surface area contributed by atoms with Gasteiger partial charge in [-0.3, -0.25) is 4.79 Å². The number of esters is 1. The monoisotopic (exact) mass is 290 g/mol. The van der Waals surface area contributed by atoms with Crippen LogP contribution in [0.2, 0.25) is 10.0 Å². The van der Waals surface area contributed by atoms with E-state index in [4.69, 9.17) is 27.9 Å². The second kappa shape index (κ2) is 7.62. The molecule has 1 atom stereocenters. The van der Waals surface area contributed by atoms with Crippen LogP contribution < -0.4 is 0 Å². The molecule has 5 heteroatoms. The van der Waals surface area contributed by atoms with Crippen LogP contribution in [0.5, 0.6) is 0 Å². The Labute approximate surface area is 117 Å². The topological polar surface area (TPSA) is 46.5 Å².